The summed E-state index contributed by atoms with van der Waals surface area (Å²) in [6, 6.07) is 12.9. The predicted octanol–water partition coefficient (Wildman–Crippen LogP) is 1.19. The van der Waals surface area contributed by atoms with Gasteiger partial charge < -0.3 is 0 Å². The first-order valence-electron chi connectivity index (χ1n) is 7.40. The Morgan fingerprint density at radius 3 is 2.12 bits per heavy atom. The minimum atomic E-state index is -5.09. The number of carbonyl (C=O) groups excluding carboxylic acids is 2. The van der Waals surface area contributed by atoms with E-state index in [-0.39, 0.29) is 17.4 Å². The van der Waals surface area contributed by atoms with Crippen LogP contribution in [0.25, 0.3) is 0 Å². The van der Waals surface area contributed by atoms with Crippen molar-refractivity contribution in [3.8, 4) is 5.75 Å². The second-order valence-corrected chi connectivity index (χ2v) is 8.37. The maximum Gasteiger partial charge on any atom is 0.162 e. The first-order valence-corrected chi connectivity index (χ1v) is 10.8. The van der Waals surface area contributed by atoms with Gasteiger partial charge in [-0.15, -0.1) is 0 Å². The fourth-order valence-electron chi connectivity index (χ4n) is 1.88. The summed E-state index contributed by atoms with van der Waals surface area (Å²) in [6.45, 7) is 3.16. The molecular formula is C17H20AsNO6. The number of aromatic hydroxyl groups is 1. The van der Waals surface area contributed by atoms with Crippen LogP contribution in [-0.2, 0) is 8.53 Å². The van der Waals surface area contributed by atoms with Gasteiger partial charge in [-0.3, -0.25) is 4.79 Å². The van der Waals surface area contributed by atoms with Crippen molar-refractivity contribution in [1.29, 1.82) is 0 Å². The van der Waals surface area contributed by atoms with E-state index < -0.39 is 24.3 Å². The molecule has 0 atom stereocenters. The molecule has 2 aromatic carbocycles. The minimum Gasteiger partial charge on any atom is -0.294 e. The Hall–Kier alpha value is -2.34. The summed E-state index contributed by atoms with van der Waals surface area (Å²) < 4.78 is 28.2. The molecule has 4 N–H and O–H groups in total. The van der Waals surface area contributed by atoms with Gasteiger partial charge >= 0.3 is 88.1 Å². The smallest absolute Gasteiger partial charge is 0.162 e. The van der Waals surface area contributed by atoms with E-state index in [1.807, 2.05) is 37.3 Å². The molecule has 2 rings (SSSR count). The Morgan fingerprint density at radius 2 is 1.68 bits per heavy atom. The minimum absolute atomic E-state index is 0.209. The third-order valence-electron chi connectivity index (χ3n) is 3.03. The third kappa shape index (κ3) is 6.97. The molecule has 0 aliphatic rings. The number of phenolic OH excluding ortho intramolecular Hbond substituents is 1. The first-order chi connectivity index (χ1) is 11.6. The van der Waals surface area contributed by atoms with Crippen LogP contribution in [0.1, 0.15) is 30.6 Å². The van der Waals surface area contributed by atoms with Crippen molar-refractivity contribution in [3.63, 3.8) is 0 Å². The van der Waals surface area contributed by atoms with Crippen LogP contribution in [0.5, 0.6) is 5.75 Å². The maximum atomic E-state index is 11.0. The summed E-state index contributed by atoms with van der Waals surface area (Å²) >= 11 is -5.09. The Bertz CT molecular complexity index is 785. The molecule has 0 heterocycles. The molecule has 0 fully saturated rings. The molecule has 0 saturated heterocycles. The molecule has 0 aliphatic carbocycles. The van der Waals surface area contributed by atoms with E-state index in [1.165, 1.54) is 13.0 Å². The molecule has 134 valence electrons. The second-order valence-electron chi connectivity index (χ2n) is 5.07. The molecule has 0 unspecified atom stereocenters. The molecule has 0 saturated carbocycles. The average Bonchev–Trinajstić information content (AvgIpc) is 2.54. The number of Topliss-reactive ketones (excluding diaryl/α,β-unsaturated/α-hetero) is 1. The second kappa shape index (κ2) is 9.22. The average molecular weight is 409 g/mol. The molecule has 25 heavy (non-hydrogen) atoms. The van der Waals surface area contributed by atoms with E-state index in [9.17, 15) is 18.4 Å². The summed E-state index contributed by atoms with van der Waals surface area (Å²) in [5, 5.41) is 11.7. The van der Waals surface area contributed by atoms with Gasteiger partial charge in [0.15, 0.2) is 5.78 Å². The van der Waals surface area contributed by atoms with E-state index in [1.54, 1.807) is 0 Å². The molecule has 0 bridgehead atoms. The summed E-state index contributed by atoms with van der Waals surface area (Å²) in [7, 11) is 0. The monoisotopic (exact) mass is 409 g/mol. The van der Waals surface area contributed by atoms with Crippen LogP contribution < -0.4 is 9.67 Å². The Balaban J connectivity index is 0.000000271. The van der Waals surface area contributed by atoms with E-state index >= 15 is 0 Å². The van der Waals surface area contributed by atoms with Crippen LogP contribution in [-0.4, -0.2) is 39.2 Å². The van der Waals surface area contributed by atoms with Crippen molar-refractivity contribution in [2.24, 2.45) is 0 Å². The van der Waals surface area contributed by atoms with Crippen molar-refractivity contribution in [2.45, 2.75) is 20.3 Å². The number of rotatable bonds is 4. The van der Waals surface area contributed by atoms with Gasteiger partial charge in [0.25, 0.3) is 0 Å². The van der Waals surface area contributed by atoms with Crippen molar-refractivity contribution in [3.05, 3.63) is 54.1 Å². The number of carbonyl (C=O) groups is 2. The van der Waals surface area contributed by atoms with Crippen LogP contribution in [0.3, 0.4) is 0 Å². The van der Waals surface area contributed by atoms with Crippen LogP contribution in [0, 0.1) is 0 Å². The number of benzene rings is 2. The van der Waals surface area contributed by atoms with E-state index in [0.29, 0.717) is 6.42 Å². The topological polar surface area (TPSA) is 124 Å². The number of hydrogen-bond donors (Lipinski definition) is 4. The molecule has 0 aromatic heterocycles. The molecule has 0 spiro atoms. The molecule has 2 aromatic rings. The molecule has 7 nitrogen and oxygen atoms in total. The summed E-state index contributed by atoms with van der Waals surface area (Å²) in [6.07, 6.45) is 0.587. The molecule has 0 radical (unpaired) electrons. The summed E-state index contributed by atoms with van der Waals surface area (Å²) in [5.74, 6) is -0.641. The van der Waals surface area contributed by atoms with Gasteiger partial charge in [0.1, 0.15) is 0 Å². The van der Waals surface area contributed by atoms with Gasteiger partial charge in [-0.05, 0) is 0 Å². The van der Waals surface area contributed by atoms with Gasteiger partial charge in [0.05, 0.1) is 0 Å². The van der Waals surface area contributed by atoms with E-state index in [0.717, 1.165) is 17.7 Å². The maximum absolute atomic E-state index is 11.0. The zero-order valence-electron chi connectivity index (χ0n) is 13.8. The van der Waals surface area contributed by atoms with Crippen molar-refractivity contribution in [1.82, 2.24) is 0 Å². The van der Waals surface area contributed by atoms with Crippen LogP contribution >= 0.6 is 0 Å². The largest absolute Gasteiger partial charge is 0.294 e. The number of ketones is 1. The van der Waals surface area contributed by atoms with Gasteiger partial charge in [-0.25, -0.2) is 0 Å². The fourth-order valence-corrected chi connectivity index (χ4v) is 3.20. The van der Waals surface area contributed by atoms with Crippen molar-refractivity contribution >= 4 is 35.9 Å². The standard InChI is InChI=1S/C9H10O.C8H10AsNO5/c1-2-9(10)8-6-4-3-5-7-8;1-5(11)10-6-2-3-7(8(12)4-6)9(13,14)15/h3-7H,2H2,1H3;2-4,12H,1H3,(H,10,11)(H2,13,14,15). The van der Waals surface area contributed by atoms with Crippen molar-refractivity contribution in [2.75, 3.05) is 5.32 Å². The first kappa shape index (κ1) is 20.7. The number of nitrogens with one attached hydrogen (secondary N) is 1. The third-order valence-corrected chi connectivity index (χ3v) is 5.14. The van der Waals surface area contributed by atoms with Gasteiger partial charge in [0.2, 0.25) is 0 Å². The molecule has 0 aliphatic heterocycles. The quantitative estimate of drug-likeness (QED) is 0.444. The normalized spacial score (nSPS) is 10.4. The molecule has 8 heteroatoms. The fraction of sp³-hybridized carbons (Fsp3) is 0.176. The Kier molecular flexibility index (Phi) is 7.64. The van der Waals surface area contributed by atoms with Crippen molar-refractivity contribution < 1.29 is 26.6 Å². The summed E-state index contributed by atoms with van der Waals surface area (Å²) in [4.78, 5) is 21.7. The van der Waals surface area contributed by atoms with Crippen LogP contribution in [0.2, 0.25) is 0 Å². The van der Waals surface area contributed by atoms with Gasteiger partial charge in [-0.2, -0.15) is 0 Å². The number of anilines is 1. The zero-order valence-corrected chi connectivity index (χ0v) is 15.7. The van der Waals surface area contributed by atoms with Crippen LogP contribution in [0.15, 0.2) is 48.5 Å². The zero-order chi connectivity index (χ0) is 19.0. The number of hydrogen-bond acceptors (Lipinski definition) is 4. The molecule has 1 amide bonds. The predicted molar refractivity (Wildman–Crippen MR) is 94.0 cm³/mol. The SMILES string of the molecule is CC(=O)Nc1ccc([As](=O)(O)O)c(O)c1.CCC(=O)c1ccccc1. The van der Waals surface area contributed by atoms with E-state index in [2.05, 4.69) is 5.32 Å². The number of phenols is 1. The Labute approximate surface area is 148 Å². The summed E-state index contributed by atoms with van der Waals surface area (Å²) in [5.41, 5.74) is 1.10. The van der Waals surface area contributed by atoms with Crippen LogP contribution in [0.4, 0.5) is 5.69 Å². The van der Waals surface area contributed by atoms with Gasteiger partial charge in [0, 0.05) is 12.0 Å². The van der Waals surface area contributed by atoms with Gasteiger partial charge in [-0.1, -0.05) is 37.3 Å². The van der Waals surface area contributed by atoms with E-state index in [4.69, 9.17) is 8.19 Å². The molecular weight excluding hydrogens is 389 g/mol. The number of amides is 1. The Morgan fingerprint density at radius 1 is 1.08 bits per heavy atom.